The third kappa shape index (κ3) is 5.00. The number of nitrogens with one attached hydrogen (secondary N) is 2. The van der Waals surface area contributed by atoms with Gasteiger partial charge in [0.2, 0.25) is 0 Å². The van der Waals surface area contributed by atoms with Crippen molar-refractivity contribution in [2.45, 2.75) is 53.6 Å². The molecule has 0 fully saturated rings. The Bertz CT molecular complexity index is 716. The Balaban J connectivity index is 2.07. The number of benzene rings is 1. The van der Waals surface area contributed by atoms with Crippen LogP contribution in [0, 0.1) is 6.92 Å². The van der Waals surface area contributed by atoms with Gasteiger partial charge in [-0.1, -0.05) is 31.1 Å². The molecule has 1 heterocycles. The Morgan fingerprint density at radius 1 is 1.19 bits per heavy atom. The molecule has 0 radical (unpaired) electrons. The second kappa shape index (κ2) is 9.85. The summed E-state index contributed by atoms with van der Waals surface area (Å²) in [5, 5.41) is 10.8. The van der Waals surface area contributed by atoms with Crippen LogP contribution in [0.5, 0.6) is 5.75 Å². The highest BCUT2D eigenvalue weighted by Crippen LogP contribution is 2.19. The maximum absolute atomic E-state index is 5.43. The minimum absolute atomic E-state index is 0.602. The van der Waals surface area contributed by atoms with Gasteiger partial charge in [-0.25, -0.2) is 4.99 Å². The van der Waals surface area contributed by atoms with Gasteiger partial charge in [0.1, 0.15) is 11.5 Å². The highest BCUT2D eigenvalue weighted by molar-refractivity contribution is 5.79. The molecule has 0 aliphatic rings. The van der Waals surface area contributed by atoms with Crippen molar-refractivity contribution < 1.29 is 9.26 Å². The van der Waals surface area contributed by atoms with Gasteiger partial charge in [0.15, 0.2) is 5.96 Å². The average molecular weight is 358 g/mol. The summed E-state index contributed by atoms with van der Waals surface area (Å²) in [6.45, 7) is 10.3. The molecular formula is C20H30N4O2. The number of aliphatic imine (C=N–C) groups is 1. The molecule has 0 unspecified atom stereocenters. The highest BCUT2D eigenvalue weighted by Gasteiger charge is 2.13. The number of rotatable bonds is 8. The Labute approximate surface area is 156 Å². The molecule has 2 N–H and O–H groups in total. The number of guanidine groups is 1. The number of nitrogens with zero attached hydrogens (tertiary/aromatic N) is 2. The standard InChI is InChI=1S/C20H30N4O2/c1-6-17-16(18(7-2)26-24-17)13-23-20(21-8-3)22-12-15-9-10-19(25-5)14(4)11-15/h9-11H,6-8,12-13H2,1-5H3,(H2,21,22,23). The number of aromatic nitrogens is 1. The Kier molecular flexibility index (Phi) is 7.51. The van der Waals surface area contributed by atoms with Crippen LogP contribution in [0.1, 0.15) is 48.9 Å². The summed E-state index contributed by atoms with van der Waals surface area (Å²) in [6, 6.07) is 6.14. The van der Waals surface area contributed by atoms with Crippen LogP contribution in [0.3, 0.4) is 0 Å². The van der Waals surface area contributed by atoms with Crippen molar-refractivity contribution in [2.75, 3.05) is 13.7 Å². The Morgan fingerprint density at radius 3 is 2.62 bits per heavy atom. The van der Waals surface area contributed by atoms with E-state index in [1.165, 1.54) is 0 Å². The summed E-state index contributed by atoms with van der Waals surface area (Å²) in [7, 11) is 1.69. The number of ether oxygens (including phenoxy) is 1. The molecule has 0 saturated carbocycles. The van der Waals surface area contributed by atoms with Crippen molar-refractivity contribution in [1.29, 1.82) is 0 Å². The monoisotopic (exact) mass is 358 g/mol. The molecule has 26 heavy (non-hydrogen) atoms. The first-order valence-electron chi connectivity index (χ1n) is 9.24. The fraction of sp³-hybridized carbons (Fsp3) is 0.500. The lowest BCUT2D eigenvalue weighted by Crippen LogP contribution is -2.37. The van der Waals surface area contributed by atoms with Crippen molar-refractivity contribution in [2.24, 2.45) is 4.99 Å². The summed E-state index contributed by atoms with van der Waals surface area (Å²) >= 11 is 0. The van der Waals surface area contributed by atoms with E-state index in [0.717, 1.165) is 59.2 Å². The first kappa shape index (κ1) is 19.8. The van der Waals surface area contributed by atoms with E-state index in [0.29, 0.717) is 13.1 Å². The van der Waals surface area contributed by atoms with Crippen molar-refractivity contribution in [3.05, 3.63) is 46.3 Å². The predicted octanol–water partition coefficient (Wildman–Crippen LogP) is 3.37. The maximum Gasteiger partial charge on any atom is 0.191 e. The zero-order valence-electron chi connectivity index (χ0n) is 16.5. The lowest BCUT2D eigenvalue weighted by atomic mass is 10.1. The quantitative estimate of drug-likeness (QED) is 0.559. The van der Waals surface area contributed by atoms with Crippen LogP contribution in [0.15, 0.2) is 27.7 Å². The normalized spacial score (nSPS) is 11.5. The molecule has 0 atom stereocenters. The Morgan fingerprint density at radius 2 is 2.00 bits per heavy atom. The SMILES string of the molecule is CCNC(=NCc1ccc(OC)c(C)c1)NCc1c(CC)noc1CC. The lowest BCUT2D eigenvalue weighted by Gasteiger charge is -2.12. The topological polar surface area (TPSA) is 71.7 Å². The zero-order chi connectivity index (χ0) is 18.9. The van der Waals surface area contributed by atoms with Crippen LogP contribution in [0.25, 0.3) is 0 Å². The zero-order valence-corrected chi connectivity index (χ0v) is 16.5. The van der Waals surface area contributed by atoms with Gasteiger partial charge in [-0.2, -0.15) is 0 Å². The molecule has 2 aromatic rings. The molecule has 0 aliphatic heterocycles. The minimum atomic E-state index is 0.602. The van der Waals surface area contributed by atoms with Crippen LogP contribution in [0.2, 0.25) is 0 Å². The van der Waals surface area contributed by atoms with Gasteiger partial charge >= 0.3 is 0 Å². The van der Waals surface area contributed by atoms with Crippen LogP contribution in [0.4, 0.5) is 0 Å². The minimum Gasteiger partial charge on any atom is -0.496 e. The number of hydrogen-bond donors (Lipinski definition) is 2. The molecule has 0 amide bonds. The third-order valence-corrected chi connectivity index (χ3v) is 4.26. The van der Waals surface area contributed by atoms with Crippen molar-refractivity contribution in [1.82, 2.24) is 15.8 Å². The highest BCUT2D eigenvalue weighted by atomic mass is 16.5. The van der Waals surface area contributed by atoms with Gasteiger partial charge in [-0.05, 0) is 37.5 Å². The average Bonchev–Trinajstić information content (AvgIpc) is 3.06. The van der Waals surface area contributed by atoms with Gasteiger partial charge in [-0.15, -0.1) is 0 Å². The molecule has 6 heteroatoms. The smallest absolute Gasteiger partial charge is 0.191 e. The van der Waals surface area contributed by atoms with Crippen LogP contribution < -0.4 is 15.4 Å². The second-order valence-electron chi connectivity index (χ2n) is 6.09. The summed E-state index contributed by atoms with van der Waals surface area (Å²) in [5.74, 6) is 2.62. The van der Waals surface area contributed by atoms with E-state index in [1.807, 2.05) is 19.1 Å². The second-order valence-corrected chi connectivity index (χ2v) is 6.09. The third-order valence-electron chi connectivity index (χ3n) is 4.26. The summed E-state index contributed by atoms with van der Waals surface area (Å²) in [4.78, 5) is 4.69. The van der Waals surface area contributed by atoms with Crippen LogP contribution in [-0.4, -0.2) is 24.8 Å². The molecule has 0 bridgehead atoms. The van der Waals surface area contributed by atoms with E-state index >= 15 is 0 Å². The molecular weight excluding hydrogens is 328 g/mol. The molecule has 1 aromatic heterocycles. The number of methoxy groups -OCH3 is 1. The van der Waals surface area contributed by atoms with E-state index in [9.17, 15) is 0 Å². The Hall–Kier alpha value is -2.50. The molecule has 142 valence electrons. The van der Waals surface area contributed by atoms with Gasteiger partial charge in [-0.3, -0.25) is 0 Å². The first-order chi connectivity index (χ1) is 12.6. The molecule has 0 aliphatic carbocycles. The molecule has 0 saturated heterocycles. The van der Waals surface area contributed by atoms with Gasteiger partial charge in [0, 0.05) is 25.1 Å². The molecule has 1 aromatic carbocycles. The van der Waals surface area contributed by atoms with Gasteiger partial charge in [0.25, 0.3) is 0 Å². The largest absolute Gasteiger partial charge is 0.496 e. The summed E-state index contributed by atoms with van der Waals surface area (Å²) in [6.07, 6.45) is 1.70. The number of aryl methyl sites for hydroxylation is 3. The van der Waals surface area contributed by atoms with Gasteiger partial charge < -0.3 is 19.9 Å². The lowest BCUT2D eigenvalue weighted by molar-refractivity contribution is 0.380. The molecule has 0 spiro atoms. The van der Waals surface area contributed by atoms with Crippen LogP contribution in [-0.2, 0) is 25.9 Å². The first-order valence-corrected chi connectivity index (χ1v) is 9.24. The van der Waals surface area contributed by atoms with Crippen molar-refractivity contribution in [3.63, 3.8) is 0 Å². The van der Waals surface area contributed by atoms with Crippen molar-refractivity contribution >= 4 is 5.96 Å². The van der Waals surface area contributed by atoms with E-state index < -0.39 is 0 Å². The fourth-order valence-corrected chi connectivity index (χ4v) is 2.86. The molecule has 2 rings (SSSR count). The van der Waals surface area contributed by atoms with E-state index in [2.05, 4.69) is 42.6 Å². The summed E-state index contributed by atoms with van der Waals surface area (Å²) < 4.78 is 10.7. The van der Waals surface area contributed by atoms with Gasteiger partial charge in [0.05, 0.1) is 19.3 Å². The van der Waals surface area contributed by atoms with E-state index in [1.54, 1.807) is 7.11 Å². The predicted molar refractivity (Wildman–Crippen MR) is 105 cm³/mol. The maximum atomic E-state index is 5.43. The molecule has 6 nitrogen and oxygen atoms in total. The number of hydrogen-bond acceptors (Lipinski definition) is 4. The summed E-state index contributed by atoms with van der Waals surface area (Å²) in [5.41, 5.74) is 4.41. The van der Waals surface area contributed by atoms with Crippen molar-refractivity contribution in [3.8, 4) is 5.75 Å². The van der Waals surface area contributed by atoms with Crippen LogP contribution >= 0.6 is 0 Å². The fourth-order valence-electron chi connectivity index (χ4n) is 2.86. The van der Waals surface area contributed by atoms with E-state index in [4.69, 9.17) is 14.3 Å². The van der Waals surface area contributed by atoms with E-state index in [-0.39, 0.29) is 0 Å².